The number of quaternary nitrogens is 1. The molecular weight excluding hydrogens is 1440 g/mol. The number of benzene rings is 6. The van der Waals surface area contributed by atoms with Crippen molar-refractivity contribution < 1.29 is 95.8 Å². The van der Waals surface area contributed by atoms with Gasteiger partial charge in [-0.15, -0.1) is 0 Å². The van der Waals surface area contributed by atoms with Gasteiger partial charge < -0.3 is 98.1 Å². The minimum atomic E-state index is -5.19. The molecule has 0 saturated carbocycles. The highest BCUT2D eigenvalue weighted by molar-refractivity contribution is 5.93. The van der Waals surface area contributed by atoms with E-state index in [0.717, 1.165) is 134 Å². The number of alkyl halides is 3. The number of phenolic OH excluding ortho intramolecular Hbond substituents is 2. The van der Waals surface area contributed by atoms with Crippen LogP contribution in [0.5, 0.6) is 34.5 Å². The molecule has 2 aromatic heterocycles. The summed E-state index contributed by atoms with van der Waals surface area (Å²) in [7, 11) is 0. The van der Waals surface area contributed by atoms with E-state index >= 15 is 0 Å². The smallest absolute Gasteiger partial charge is 0.430 e. The van der Waals surface area contributed by atoms with Crippen LogP contribution in [-0.4, -0.2) is 182 Å². The maximum atomic E-state index is 12.1. The number of aliphatic carboxylic acids is 1. The monoisotopic (exact) mass is 1550 g/mol. The van der Waals surface area contributed by atoms with Crippen molar-refractivity contribution in [1.29, 1.82) is 0 Å². The van der Waals surface area contributed by atoms with E-state index < -0.39 is 53.0 Å². The van der Waals surface area contributed by atoms with Crippen molar-refractivity contribution in [2.24, 2.45) is 0 Å². The van der Waals surface area contributed by atoms with Crippen LogP contribution < -0.4 is 56.1 Å². The van der Waals surface area contributed by atoms with Gasteiger partial charge in [-0.05, 0) is 154 Å². The van der Waals surface area contributed by atoms with Gasteiger partial charge in [0, 0.05) is 126 Å². The van der Waals surface area contributed by atoms with E-state index in [4.69, 9.17) is 37.7 Å². The van der Waals surface area contributed by atoms with E-state index in [2.05, 4.69) is 30.2 Å². The number of halogens is 3. The summed E-state index contributed by atoms with van der Waals surface area (Å²) in [6.07, 6.45) is -6.19. The zero-order valence-corrected chi connectivity index (χ0v) is 63.0. The van der Waals surface area contributed by atoms with Crippen LogP contribution in [0.25, 0.3) is 21.9 Å². The Morgan fingerprint density at radius 3 is 1.12 bits per heavy atom. The van der Waals surface area contributed by atoms with Crippen molar-refractivity contribution in [1.82, 2.24) is 15.1 Å². The van der Waals surface area contributed by atoms with Crippen LogP contribution in [0.3, 0.4) is 0 Å². The number of rotatable bonds is 8. The summed E-state index contributed by atoms with van der Waals surface area (Å²) in [6.45, 7) is 35.9. The Morgan fingerprint density at radius 2 is 0.793 bits per heavy atom. The third-order valence-electron chi connectivity index (χ3n) is 16.9. The molecule has 8 aromatic rings. The first-order valence-corrected chi connectivity index (χ1v) is 35.2. The number of phenols is 2. The Labute approximate surface area is 646 Å². The summed E-state index contributed by atoms with van der Waals surface area (Å²) >= 11 is 0. The summed E-state index contributed by atoms with van der Waals surface area (Å²) in [4.78, 5) is 91.9. The van der Waals surface area contributed by atoms with Crippen molar-refractivity contribution in [2.45, 2.75) is 129 Å². The fraction of sp³-hybridized carbons (Fsp3) is 0.427. The van der Waals surface area contributed by atoms with Gasteiger partial charge in [0.25, 0.3) is 0 Å². The maximum absolute atomic E-state index is 12.1. The normalized spacial score (nSPS) is 14.1. The summed E-state index contributed by atoms with van der Waals surface area (Å²) in [5.74, 6) is -2.75. The molecule has 26 nitrogen and oxygen atoms in total. The number of anilines is 4. The molecule has 0 atom stereocenters. The molecule has 6 aromatic carbocycles. The van der Waals surface area contributed by atoms with Crippen molar-refractivity contribution in [3.8, 4) is 34.5 Å². The Morgan fingerprint density at radius 1 is 0.468 bits per heavy atom. The lowest BCUT2D eigenvalue weighted by molar-refractivity contribution is -0.655. The predicted octanol–water partition coefficient (Wildman–Crippen LogP) is 11.3. The number of ether oxygens (including phenoxy) is 4. The van der Waals surface area contributed by atoms with E-state index in [1.165, 1.54) is 0 Å². The van der Waals surface area contributed by atoms with Gasteiger partial charge in [-0.1, -0.05) is 69.8 Å². The number of aryl methyl sites for hydroxylation is 6. The van der Waals surface area contributed by atoms with Gasteiger partial charge >= 0.3 is 41.6 Å². The number of nitrogens with two attached hydrogens (primary N) is 1. The maximum Gasteiger partial charge on any atom is 0.430 e. The molecule has 0 unspecified atom stereocenters. The van der Waals surface area contributed by atoms with Crippen molar-refractivity contribution >= 4 is 74.8 Å². The third kappa shape index (κ3) is 29.0. The number of piperazine rings is 4. The first kappa shape index (κ1) is 92.2. The number of hydrogen-bond acceptors (Lipinski definition) is 23. The molecule has 6 heterocycles. The molecule has 111 heavy (non-hydrogen) atoms. The second kappa shape index (κ2) is 41.6. The van der Waals surface area contributed by atoms with Crippen LogP contribution in [0.4, 0.5) is 45.5 Å². The van der Waals surface area contributed by atoms with Gasteiger partial charge in [0.2, 0.25) is 0 Å². The van der Waals surface area contributed by atoms with Crippen LogP contribution in [-0.2, 0) is 23.9 Å². The van der Waals surface area contributed by atoms with Gasteiger partial charge in [0.05, 0.1) is 49.1 Å². The molecule has 29 heteroatoms. The summed E-state index contributed by atoms with van der Waals surface area (Å²) < 4.78 is 63.4. The summed E-state index contributed by atoms with van der Waals surface area (Å²) in [5, 5.41) is 53.7. The lowest BCUT2D eigenvalue weighted by Crippen LogP contribution is -2.89. The molecule has 0 aliphatic carbocycles. The Balaban J connectivity index is 0.000000288. The van der Waals surface area contributed by atoms with Crippen molar-refractivity contribution in [3.05, 3.63) is 176 Å². The van der Waals surface area contributed by atoms with Crippen LogP contribution in [0, 0.1) is 41.5 Å². The summed E-state index contributed by atoms with van der Waals surface area (Å²) in [6, 6.07) is 35.4. The van der Waals surface area contributed by atoms with Crippen molar-refractivity contribution in [2.75, 3.05) is 124 Å². The van der Waals surface area contributed by atoms with Gasteiger partial charge in [-0.25, -0.2) is 19.2 Å². The molecule has 0 radical (unpaired) electrons. The molecule has 4 aliphatic rings. The molecule has 4 saturated heterocycles. The van der Waals surface area contributed by atoms with Crippen LogP contribution in [0.15, 0.2) is 140 Å². The molecule has 2 amide bonds. The fourth-order valence-electron chi connectivity index (χ4n) is 12.0. The highest BCUT2D eigenvalue weighted by Crippen LogP contribution is 2.32. The molecule has 4 aliphatic heterocycles. The average molecular weight is 1550 g/mol. The van der Waals surface area contributed by atoms with Gasteiger partial charge in [-0.3, -0.25) is 9.59 Å². The molecule has 12 rings (SSSR count). The number of nitrogens with one attached hydrogen (secondary N) is 1. The van der Waals surface area contributed by atoms with E-state index in [-0.39, 0.29) is 51.7 Å². The molecular formula is C82H109F3N8O18. The quantitative estimate of drug-likeness (QED) is 0.0356. The van der Waals surface area contributed by atoms with E-state index in [0.29, 0.717) is 78.5 Å². The second-order valence-corrected chi connectivity index (χ2v) is 28.2. The van der Waals surface area contributed by atoms with Crippen LogP contribution >= 0.6 is 0 Å². The molecule has 0 bridgehead atoms. The zero-order valence-electron chi connectivity index (χ0n) is 63.0. The average Bonchev–Trinajstić information content (AvgIpc) is 0.804. The standard InChI is InChI=1S/C21H24O4.C18H22N2O5.C15H22N2O3.C13H14N2O3.C10H14N2O.C2HF3O2.3CH4/c1-12-7-14(3)20(15(4)8-12)24-18(22)11-19(23)25-21-16(5)9-13(2)10-17(21)6;1-18(2,3)25-17(23)20-8-6-19(7-9-20)12-4-5-13-14(21)11-16(22)24-15(13)10-12;1-15(2,3)20-14(19)17-9-7-16(8-10-17)12-5-4-6-13(18)11-12;16-11-8-13(17)18-12-7-9(1-2-10(11)12)15-5-3-14-4-6-15;13-10-3-1-2-9(8-10)12-6-4-11-5-7-12;3-2(4,5)1(6)7;;;/h7-10H,11H2,1-6H3;4-5,10-11,21H,6-9H2,1-3H3;4-6,11,18H,7-10H2,1-3H3;1-2,7-8,14,16H,3-6H2;1-3,8,11,13H,4-7H2;(H,6,7);3*1H4. The Bertz CT molecular complexity index is 4430. The van der Waals surface area contributed by atoms with E-state index in [9.17, 15) is 62.4 Å². The second-order valence-electron chi connectivity index (χ2n) is 28.2. The van der Waals surface area contributed by atoms with Crippen LogP contribution in [0.2, 0.25) is 0 Å². The van der Waals surface area contributed by atoms with E-state index in [1.54, 1.807) is 46.2 Å². The highest BCUT2D eigenvalue weighted by atomic mass is 19.4. The molecule has 4 fully saturated rings. The number of carbonyl (C=O) groups is 5. The lowest BCUT2D eigenvalue weighted by Gasteiger charge is -2.36. The van der Waals surface area contributed by atoms with Gasteiger partial charge in [0.1, 0.15) is 69.3 Å². The minimum Gasteiger partial charge on any atom is -0.542 e. The predicted molar refractivity (Wildman–Crippen MR) is 422 cm³/mol. The van der Waals surface area contributed by atoms with E-state index in [1.807, 2.05) is 156 Å². The number of aromatic hydroxyl groups is 4. The highest BCUT2D eigenvalue weighted by Gasteiger charge is 2.30. The third-order valence-corrected chi connectivity index (χ3v) is 16.9. The Hall–Kier alpha value is -11.2. The fourth-order valence-corrected chi connectivity index (χ4v) is 12.0. The Kier molecular flexibility index (Phi) is 34.5. The number of fused-ring (bicyclic) bond motifs is 2. The number of carboxylic acid groups (broad SMARTS) is 1. The number of carboxylic acids is 1. The SMILES string of the molecule is C.C.C.CC(C)(C)OC(=O)N1CCN(c2ccc3c(O)cc(=O)oc3c2)CC1.CC(C)(C)OC(=O)N1CCN(c2cccc(O)c2)CC1.Cc1cc(C)c(OC(=O)CC(=O)Oc2c(C)cc(C)cc2C)c(C)c1.O=C([O-])C(F)(F)F.O=c1cc(O)c2ccc(N3CC[NH2+]CC3)cc2o1.Oc1cccc(N2CCNCC2)c1. The largest absolute Gasteiger partial charge is 0.542 e. The first-order valence-electron chi connectivity index (χ1n) is 35.2. The molecule has 7 N–H and O–H groups in total. The number of nitrogens with zero attached hydrogens (tertiary/aromatic N) is 6. The van der Waals surface area contributed by atoms with Gasteiger partial charge in [-0.2, -0.15) is 13.2 Å². The lowest BCUT2D eigenvalue weighted by atomic mass is 10.1. The summed E-state index contributed by atoms with van der Waals surface area (Å²) in [5.41, 5.74) is 8.36. The van der Waals surface area contributed by atoms with Crippen molar-refractivity contribution in [3.63, 3.8) is 0 Å². The minimum absolute atomic E-state index is 0. The zero-order chi connectivity index (χ0) is 79.4. The van der Waals surface area contributed by atoms with Crippen LogP contribution in [0.1, 0.15) is 104 Å². The topological polar surface area (TPSA) is 335 Å². The first-order chi connectivity index (χ1) is 50.8. The number of hydrogen-bond donors (Lipinski definition) is 6. The number of esters is 2. The number of amides is 2. The van der Waals surface area contributed by atoms with Gasteiger partial charge in [0.15, 0.2) is 0 Å². The molecule has 606 valence electrons. The number of carbonyl (C=O) groups excluding carboxylic acids is 5. The molecule has 0 spiro atoms.